The Hall–Kier alpha value is -3.53. The number of methoxy groups -OCH3 is 1. The van der Waals surface area contributed by atoms with Crippen LogP contribution in [0, 0.1) is 0 Å². The molecule has 0 bridgehead atoms. The van der Waals surface area contributed by atoms with Crippen molar-refractivity contribution in [3.63, 3.8) is 0 Å². The minimum absolute atomic E-state index is 0.584. The SMILES string of the molecule is COc1ccc(Nc2oc(-c3ccccc3)nc2-c2ccccc2)cc1. The fourth-order valence-electron chi connectivity index (χ4n) is 2.71. The van der Waals surface area contributed by atoms with Gasteiger partial charge in [0.2, 0.25) is 11.8 Å². The summed E-state index contributed by atoms with van der Waals surface area (Å²) in [5.41, 5.74) is 3.61. The molecule has 4 aromatic rings. The van der Waals surface area contributed by atoms with E-state index in [-0.39, 0.29) is 0 Å². The van der Waals surface area contributed by atoms with Gasteiger partial charge < -0.3 is 14.5 Å². The molecule has 4 rings (SSSR count). The van der Waals surface area contributed by atoms with Crippen LogP contribution in [0.15, 0.2) is 89.3 Å². The average Bonchev–Trinajstić information content (AvgIpc) is 3.14. The van der Waals surface area contributed by atoms with Crippen LogP contribution in [0.3, 0.4) is 0 Å². The van der Waals surface area contributed by atoms with Gasteiger partial charge in [-0.1, -0.05) is 48.5 Å². The maximum atomic E-state index is 6.06. The summed E-state index contributed by atoms with van der Waals surface area (Å²) in [5.74, 6) is 2.00. The highest BCUT2D eigenvalue weighted by molar-refractivity contribution is 5.76. The monoisotopic (exact) mass is 342 g/mol. The van der Waals surface area contributed by atoms with E-state index in [0.29, 0.717) is 11.8 Å². The first kappa shape index (κ1) is 16.0. The normalized spacial score (nSPS) is 10.5. The molecule has 4 nitrogen and oxygen atoms in total. The first-order valence-corrected chi connectivity index (χ1v) is 8.36. The Balaban J connectivity index is 1.75. The van der Waals surface area contributed by atoms with E-state index in [1.807, 2.05) is 84.9 Å². The van der Waals surface area contributed by atoms with E-state index in [2.05, 4.69) is 5.32 Å². The van der Waals surface area contributed by atoms with Crippen molar-refractivity contribution in [3.05, 3.63) is 84.9 Å². The third kappa shape index (κ3) is 3.30. The lowest BCUT2D eigenvalue weighted by molar-refractivity contribution is 0.415. The molecule has 1 aromatic heterocycles. The van der Waals surface area contributed by atoms with Gasteiger partial charge in [-0.05, 0) is 36.4 Å². The summed E-state index contributed by atoms with van der Waals surface area (Å²) in [7, 11) is 1.65. The molecule has 0 spiro atoms. The first-order chi connectivity index (χ1) is 12.8. The zero-order valence-electron chi connectivity index (χ0n) is 14.3. The van der Waals surface area contributed by atoms with E-state index >= 15 is 0 Å². The van der Waals surface area contributed by atoms with Crippen molar-refractivity contribution in [2.75, 3.05) is 12.4 Å². The summed E-state index contributed by atoms with van der Waals surface area (Å²) in [6, 6.07) is 27.6. The van der Waals surface area contributed by atoms with Gasteiger partial charge in [-0.3, -0.25) is 0 Å². The van der Waals surface area contributed by atoms with Crippen LogP contribution in [0.5, 0.6) is 5.75 Å². The summed E-state index contributed by atoms with van der Waals surface area (Å²) in [6.45, 7) is 0. The number of anilines is 2. The predicted molar refractivity (Wildman–Crippen MR) is 104 cm³/mol. The van der Waals surface area contributed by atoms with Crippen molar-refractivity contribution in [1.29, 1.82) is 0 Å². The summed E-state index contributed by atoms with van der Waals surface area (Å²) in [6.07, 6.45) is 0. The van der Waals surface area contributed by atoms with Gasteiger partial charge in [0.1, 0.15) is 11.4 Å². The van der Waals surface area contributed by atoms with Gasteiger partial charge in [-0.25, -0.2) is 4.98 Å². The molecule has 1 heterocycles. The van der Waals surface area contributed by atoms with Crippen molar-refractivity contribution in [2.24, 2.45) is 0 Å². The lowest BCUT2D eigenvalue weighted by Gasteiger charge is -2.06. The Kier molecular flexibility index (Phi) is 4.39. The molecule has 0 fully saturated rings. The molecule has 0 radical (unpaired) electrons. The summed E-state index contributed by atoms with van der Waals surface area (Å²) in [4.78, 5) is 4.73. The average molecular weight is 342 g/mol. The van der Waals surface area contributed by atoms with Gasteiger partial charge >= 0.3 is 0 Å². The molecule has 0 saturated heterocycles. The number of oxazole rings is 1. The fourth-order valence-corrected chi connectivity index (χ4v) is 2.71. The van der Waals surface area contributed by atoms with E-state index in [1.165, 1.54) is 0 Å². The maximum absolute atomic E-state index is 6.06. The van der Waals surface area contributed by atoms with Gasteiger partial charge in [0, 0.05) is 16.8 Å². The van der Waals surface area contributed by atoms with Gasteiger partial charge in [0.25, 0.3) is 0 Å². The fraction of sp³-hybridized carbons (Fsp3) is 0.0455. The van der Waals surface area contributed by atoms with Crippen LogP contribution in [0.2, 0.25) is 0 Å². The van der Waals surface area contributed by atoms with Gasteiger partial charge in [0.15, 0.2) is 0 Å². The van der Waals surface area contributed by atoms with Gasteiger partial charge in [-0.2, -0.15) is 0 Å². The number of ether oxygens (including phenoxy) is 1. The largest absolute Gasteiger partial charge is 0.497 e. The predicted octanol–water partition coefficient (Wildman–Crippen LogP) is 5.76. The molecule has 128 valence electrons. The van der Waals surface area contributed by atoms with E-state index in [0.717, 1.165) is 28.3 Å². The Labute approximate surface area is 152 Å². The molecule has 0 amide bonds. The topological polar surface area (TPSA) is 47.3 Å². The van der Waals surface area contributed by atoms with Crippen molar-refractivity contribution in [2.45, 2.75) is 0 Å². The maximum Gasteiger partial charge on any atom is 0.229 e. The molecular formula is C22H18N2O2. The van der Waals surface area contributed by atoms with E-state index in [9.17, 15) is 0 Å². The molecule has 0 aliphatic heterocycles. The molecule has 0 aliphatic rings. The number of hydrogen-bond donors (Lipinski definition) is 1. The van der Waals surface area contributed by atoms with Crippen molar-refractivity contribution in [1.82, 2.24) is 4.98 Å². The molecule has 0 atom stereocenters. The summed E-state index contributed by atoms with van der Waals surface area (Å²) in [5, 5.41) is 3.33. The van der Waals surface area contributed by atoms with Gasteiger partial charge in [-0.15, -0.1) is 0 Å². The molecule has 1 N–H and O–H groups in total. The van der Waals surface area contributed by atoms with Crippen LogP contribution in [0.1, 0.15) is 0 Å². The molecule has 26 heavy (non-hydrogen) atoms. The first-order valence-electron chi connectivity index (χ1n) is 8.36. The Morgan fingerprint density at radius 1 is 0.769 bits per heavy atom. The molecule has 0 saturated carbocycles. The van der Waals surface area contributed by atoms with E-state index in [4.69, 9.17) is 14.1 Å². The number of aromatic nitrogens is 1. The Morgan fingerprint density at radius 3 is 2.00 bits per heavy atom. The van der Waals surface area contributed by atoms with Crippen molar-refractivity contribution < 1.29 is 9.15 Å². The van der Waals surface area contributed by atoms with Crippen LogP contribution < -0.4 is 10.1 Å². The van der Waals surface area contributed by atoms with Crippen LogP contribution in [-0.2, 0) is 0 Å². The summed E-state index contributed by atoms with van der Waals surface area (Å²) >= 11 is 0. The van der Waals surface area contributed by atoms with E-state index in [1.54, 1.807) is 7.11 Å². The zero-order valence-corrected chi connectivity index (χ0v) is 14.3. The third-order valence-electron chi connectivity index (χ3n) is 4.04. The minimum Gasteiger partial charge on any atom is -0.497 e. The molecule has 0 aliphatic carbocycles. The third-order valence-corrected chi connectivity index (χ3v) is 4.04. The highest BCUT2D eigenvalue weighted by atomic mass is 16.5. The van der Waals surface area contributed by atoms with Gasteiger partial charge in [0.05, 0.1) is 7.11 Å². The van der Waals surface area contributed by atoms with Crippen LogP contribution in [0.4, 0.5) is 11.6 Å². The Morgan fingerprint density at radius 2 is 1.38 bits per heavy atom. The van der Waals surface area contributed by atoms with E-state index < -0.39 is 0 Å². The number of hydrogen-bond acceptors (Lipinski definition) is 4. The van der Waals surface area contributed by atoms with Crippen LogP contribution in [-0.4, -0.2) is 12.1 Å². The second-order valence-corrected chi connectivity index (χ2v) is 5.78. The smallest absolute Gasteiger partial charge is 0.229 e. The number of nitrogens with zero attached hydrogens (tertiary/aromatic N) is 1. The number of benzene rings is 3. The van der Waals surface area contributed by atoms with Crippen molar-refractivity contribution >= 4 is 11.6 Å². The molecule has 4 heteroatoms. The minimum atomic E-state index is 0.584. The van der Waals surface area contributed by atoms with Crippen molar-refractivity contribution in [3.8, 4) is 28.5 Å². The second kappa shape index (κ2) is 7.15. The lowest BCUT2D eigenvalue weighted by Crippen LogP contribution is -1.91. The van der Waals surface area contributed by atoms with Crippen LogP contribution >= 0.6 is 0 Å². The highest BCUT2D eigenvalue weighted by Gasteiger charge is 2.16. The second-order valence-electron chi connectivity index (χ2n) is 5.78. The molecule has 0 unspecified atom stereocenters. The lowest BCUT2D eigenvalue weighted by atomic mass is 10.1. The highest BCUT2D eigenvalue weighted by Crippen LogP contribution is 2.34. The van der Waals surface area contributed by atoms with Crippen LogP contribution in [0.25, 0.3) is 22.7 Å². The quantitative estimate of drug-likeness (QED) is 0.501. The molecular weight excluding hydrogens is 324 g/mol. The molecule has 3 aromatic carbocycles. The standard InChI is InChI=1S/C22H18N2O2/c1-25-19-14-12-18(13-15-19)23-22-20(16-8-4-2-5-9-16)24-21(26-22)17-10-6-3-7-11-17/h2-15,23H,1H3. The summed E-state index contributed by atoms with van der Waals surface area (Å²) < 4.78 is 11.3. The Bertz CT molecular complexity index is 978. The zero-order chi connectivity index (χ0) is 17.8. The number of nitrogens with one attached hydrogen (secondary N) is 1. The number of rotatable bonds is 5.